The number of fused-ring (bicyclic) bond motifs is 4. The fourth-order valence-electron chi connectivity index (χ4n) is 6.00. The van der Waals surface area contributed by atoms with Gasteiger partial charge in [0, 0.05) is 41.4 Å². The molecule has 8 heteroatoms. The maximum absolute atomic E-state index is 13.5. The number of allylic oxidation sites excluding steroid dienone is 2. The number of urea groups is 1. The number of carbonyl (C=O) groups is 3. The lowest BCUT2D eigenvalue weighted by molar-refractivity contribution is 0.0801. The fraction of sp³-hybridized carbons (Fsp3) is 0.280. The minimum absolute atomic E-state index is 0. The van der Waals surface area contributed by atoms with Crippen LogP contribution in [-0.4, -0.2) is 45.7 Å². The van der Waals surface area contributed by atoms with E-state index in [-0.39, 0.29) is 30.4 Å². The number of H-pyrrole nitrogens is 1. The van der Waals surface area contributed by atoms with Crippen molar-refractivity contribution >= 4 is 34.4 Å². The molecule has 166 valence electrons. The van der Waals surface area contributed by atoms with Crippen molar-refractivity contribution in [2.45, 2.75) is 25.7 Å². The van der Waals surface area contributed by atoms with Crippen LogP contribution in [0.1, 0.15) is 46.0 Å². The van der Waals surface area contributed by atoms with Crippen molar-refractivity contribution in [2.24, 2.45) is 11.7 Å². The number of imidazole rings is 1. The van der Waals surface area contributed by atoms with Crippen LogP contribution in [0, 0.1) is 5.92 Å². The van der Waals surface area contributed by atoms with E-state index in [4.69, 9.17) is 5.73 Å². The van der Waals surface area contributed by atoms with Crippen molar-refractivity contribution < 1.29 is 14.4 Å². The fourth-order valence-corrected chi connectivity index (χ4v) is 6.00. The zero-order valence-corrected chi connectivity index (χ0v) is 17.1. The highest BCUT2D eigenvalue weighted by atomic mass is 16.2. The Labute approximate surface area is 190 Å². The molecule has 1 aromatic heterocycles. The van der Waals surface area contributed by atoms with Gasteiger partial charge in [-0.25, -0.2) is 9.78 Å². The number of aromatic amines is 1. The van der Waals surface area contributed by atoms with Crippen LogP contribution in [0.2, 0.25) is 0 Å². The maximum atomic E-state index is 13.5. The average molecular weight is 441 g/mol. The summed E-state index contributed by atoms with van der Waals surface area (Å²) < 4.78 is 0. The van der Waals surface area contributed by atoms with Crippen molar-refractivity contribution in [1.82, 2.24) is 14.9 Å². The molecule has 2 atom stereocenters. The molecule has 4 aliphatic rings. The standard InChI is InChI=1S/C24H19N5O3.CH4/c25-23(32)28-8-7-14-17(28)6-5-16-20(14)27-21(26-16)22(31)29-11-12-10-24(12)15-4-2-1-3-13(15)18(30)9-19(24)29;/h1-6,9,12H,7-8,10-11H2,(H2,25,32)(H,26,27);1H4/t12-,24?;/m1./s1. The number of nitrogens with one attached hydrogen (secondary N) is 1. The molecule has 1 saturated carbocycles. The molecule has 2 aromatic carbocycles. The molecule has 0 radical (unpaired) electrons. The number of hydrogen-bond donors (Lipinski definition) is 2. The van der Waals surface area contributed by atoms with Gasteiger partial charge in [-0.15, -0.1) is 0 Å². The zero-order chi connectivity index (χ0) is 21.8. The Morgan fingerprint density at radius 3 is 2.79 bits per heavy atom. The smallest absolute Gasteiger partial charge is 0.319 e. The van der Waals surface area contributed by atoms with E-state index in [0.29, 0.717) is 30.9 Å². The number of rotatable bonds is 1. The van der Waals surface area contributed by atoms with Gasteiger partial charge in [-0.05, 0) is 36.5 Å². The Hall–Kier alpha value is -3.94. The topological polar surface area (TPSA) is 112 Å². The second-order valence-corrected chi connectivity index (χ2v) is 9.01. The summed E-state index contributed by atoms with van der Waals surface area (Å²) >= 11 is 0. The van der Waals surface area contributed by atoms with Crippen LogP contribution in [0.3, 0.4) is 0 Å². The number of benzene rings is 2. The summed E-state index contributed by atoms with van der Waals surface area (Å²) in [4.78, 5) is 49.0. The second-order valence-electron chi connectivity index (χ2n) is 9.01. The van der Waals surface area contributed by atoms with Gasteiger partial charge < -0.3 is 15.6 Å². The Morgan fingerprint density at radius 2 is 1.97 bits per heavy atom. The van der Waals surface area contributed by atoms with Crippen LogP contribution in [0.15, 0.2) is 48.2 Å². The van der Waals surface area contributed by atoms with Crippen LogP contribution in [0.4, 0.5) is 10.5 Å². The highest BCUT2D eigenvalue weighted by molar-refractivity contribution is 6.10. The number of aromatic nitrogens is 2. The van der Waals surface area contributed by atoms with Gasteiger partial charge >= 0.3 is 6.03 Å². The van der Waals surface area contributed by atoms with Crippen molar-refractivity contribution in [2.75, 3.05) is 18.0 Å². The van der Waals surface area contributed by atoms with Gasteiger partial charge in [0.2, 0.25) is 0 Å². The average Bonchev–Trinajstić information content (AvgIpc) is 3.13. The quantitative estimate of drug-likeness (QED) is 0.604. The third-order valence-corrected chi connectivity index (χ3v) is 7.52. The predicted octanol–water partition coefficient (Wildman–Crippen LogP) is 3.13. The van der Waals surface area contributed by atoms with E-state index in [1.54, 1.807) is 11.0 Å². The number of nitrogens with zero attached hydrogens (tertiary/aromatic N) is 3. The lowest BCUT2D eigenvalue weighted by Crippen LogP contribution is -2.34. The lowest BCUT2D eigenvalue weighted by Gasteiger charge is -2.28. The van der Waals surface area contributed by atoms with Gasteiger partial charge in [0.05, 0.1) is 16.7 Å². The molecule has 2 aliphatic heterocycles. The van der Waals surface area contributed by atoms with E-state index in [9.17, 15) is 14.4 Å². The monoisotopic (exact) mass is 441 g/mol. The van der Waals surface area contributed by atoms with Gasteiger partial charge in [0.15, 0.2) is 11.6 Å². The Balaban J connectivity index is 0.00000206. The van der Waals surface area contributed by atoms with E-state index >= 15 is 0 Å². The molecule has 3 aromatic rings. The highest BCUT2D eigenvalue weighted by Crippen LogP contribution is 2.66. The van der Waals surface area contributed by atoms with Crippen molar-refractivity contribution in [3.63, 3.8) is 0 Å². The largest absolute Gasteiger partial charge is 0.351 e. The molecule has 3 heterocycles. The maximum Gasteiger partial charge on any atom is 0.319 e. The molecule has 1 saturated heterocycles. The summed E-state index contributed by atoms with van der Waals surface area (Å²) in [5.41, 5.74) is 10.9. The van der Waals surface area contributed by atoms with Crippen LogP contribution in [0.5, 0.6) is 0 Å². The highest BCUT2D eigenvalue weighted by Gasteiger charge is 2.67. The number of likely N-dealkylation sites (tertiary alicyclic amines) is 1. The number of ketones is 1. The van der Waals surface area contributed by atoms with E-state index in [2.05, 4.69) is 9.97 Å². The van der Waals surface area contributed by atoms with Gasteiger partial charge in [-0.1, -0.05) is 31.7 Å². The Kier molecular flexibility index (Phi) is 3.77. The molecule has 8 nitrogen and oxygen atoms in total. The first-order valence-corrected chi connectivity index (χ1v) is 10.8. The summed E-state index contributed by atoms with van der Waals surface area (Å²) in [5.74, 6) is 0.282. The van der Waals surface area contributed by atoms with E-state index in [0.717, 1.165) is 40.0 Å². The second kappa shape index (κ2) is 6.31. The number of piperidine rings is 1. The van der Waals surface area contributed by atoms with Gasteiger partial charge in [0.1, 0.15) is 0 Å². The third-order valence-electron chi connectivity index (χ3n) is 7.52. The van der Waals surface area contributed by atoms with E-state index in [1.807, 2.05) is 36.4 Å². The lowest BCUT2D eigenvalue weighted by atomic mass is 9.81. The summed E-state index contributed by atoms with van der Waals surface area (Å²) in [7, 11) is 0. The molecule has 3 amide bonds. The molecule has 2 aliphatic carbocycles. The van der Waals surface area contributed by atoms with Gasteiger partial charge in [-0.2, -0.15) is 0 Å². The van der Waals surface area contributed by atoms with E-state index in [1.165, 1.54) is 4.90 Å². The minimum atomic E-state index is -0.495. The molecule has 1 unspecified atom stereocenters. The Bertz CT molecular complexity index is 1440. The first-order valence-electron chi connectivity index (χ1n) is 10.8. The van der Waals surface area contributed by atoms with Crippen molar-refractivity contribution in [3.05, 3.63) is 70.7 Å². The zero-order valence-electron chi connectivity index (χ0n) is 17.1. The number of primary amides is 1. The number of nitrogens with two attached hydrogens (primary N) is 1. The van der Waals surface area contributed by atoms with Crippen LogP contribution < -0.4 is 10.6 Å². The molecule has 0 bridgehead atoms. The van der Waals surface area contributed by atoms with Gasteiger partial charge in [-0.3, -0.25) is 14.5 Å². The molecule has 33 heavy (non-hydrogen) atoms. The molecular formula is C25H23N5O3. The molecular weight excluding hydrogens is 418 g/mol. The number of anilines is 1. The van der Waals surface area contributed by atoms with Crippen LogP contribution in [-0.2, 0) is 11.8 Å². The first-order chi connectivity index (χ1) is 15.5. The normalized spacial score (nSPS) is 23.9. The van der Waals surface area contributed by atoms with Gasteiger partial charge in [0.25, 0.3) is 5.91 Å². The van der Waals surface area contributed by atoms with E-state index < -0.39 is 6.03 Å². The third kappa shape index (κ3) is 2.35. The number of hydrogen-bond acceptors (Lipinski definition) is 4. The molecule has 7 rings (SSSR count). The van der Waals surface area contributed by atoms with Crippen LogP contribution in [0.25, 0.3) is 11.0 Å². The summed E-state index contributed by atoms with van der Waals surface area (Å²) in [6.07, 6.45) is 3.24. The SMILES string of the molecule is C.NC(=O)N1CCc2c1ccc1[nH]c(C(=O)N3C[C@H]4CC45C3=CC(=O)c3ccccc35)nc21. The molecule has 3 N–H and O–H groups in total. The molecule has 2 fully saturated rings. The summed E-state index contributed by atoms with van der Waals surface area (Å²) in [6.45, 7) is 1.08. The minimum Gasteiger partial charge on any atom is -0.351 e. The summed E-state index contributed by atoms with van der Waals surface area (Å²) in [5, 5.41) is 0. The molecule has 1 spiro atoms. The van der Waals surface area contributed by atoms with Crippen molar-refractivity contribution in [1.29, 1.82) is 0 Å². The van der Waals surface area contributed by atoms with Crippen molar-refractivity contribution in [3.8, 4) is 0 Å². The predicted molar refractivity (Wildman–Crippen MR) is 123 cm³/mol. The first kappa shape index (κ1) is 19.7. The number of carbonyl (C=O) groups excluding carboxylic acids is 3. The summed E-state index contributed by atoms with van der Waals surface area (Å²) in [6, 6.07) is 10.9. The Morgan fingerprint density at radius 1 is 1.15 bits per heavy atom. The number of amides is 3. The van der Waals surface area contributed by atoms with Crippen LogP contribution >= 0.6 is 0 Å².